The maximum absolute atomic E-state index is 12.4. The number of rotatable bonds is 3. The first kappa shape index (κ1) is 13.5. The second kappa shape index (κ2) is 5.50. The van der Waals surface area contributed by atoms with Crippen molar-refractivity contribution in [1.82, 2.24) is 10.3 Å². The highest BCUT2D eigenvalue weighted by atomic mass is 35.5. The highest BCUT2D eigenvalue weighted by Gasteiger charge is 2.30. The Morgan fingerprint density at radius 3 is 2.24 bits per heavy atom. The van der Waals surface area contributed by atoms with Crippen molar-refractivity contribution in [2.24, 2.45) is 0 Å². The van der Waals surface area contributed by atoms with Crippen molar-refractivity contribution in [3.8, 4) is 0 Å². The second-order valence-electron chi connectivity index (χ2n) is 4.60. The van der Waals surface area contributed by atoms with Crippen LogP contribution in [0, 0.1) is 0 Å². The zero-order valence-corrected chi connectivity index (χ0v) is 11.7. The summed E-state index contributed by atoms with van der Waals surface area (Å²) in [6, 6.07) is 10.3. The Hall–Kier alpha value is -2.46. The molecule has 4 nitrogen and oxygen atoms in total. The number of benzene rings is 1. The topological polar surface area (TPSA) is 59.1 Å². The molecule has 21 heavy (non-hydrogen) atoms. The molecule has 0 amide bonds. The third-order valence-electron chi connectivity index (χ3n) is 3.28. The maximum Gasteiger partial charge on any atom is 0.211 e. The highest BCUT2D eigenvalue weighted by Crippen LogP contribution is 2.27. The molecule has 0 radical (unpaired) electrons. The van der Waals surface area contributed by atoms with Crippen LogP contribution in [0.5, 0.6) is 0 Å². The number of hydrogen-bond acceptors (Lipinski definition) is 4. The van der Waals surface area contributed by atoms with Crippen LogP contribution in [0.15, 0.2) is 59.5 Å². The molecule has 0 saturated heterocycles. The van der Waals surface area contributed by atoms with E-state index in [-0.39, 0.29) is 22.3 Å². The van der Waals surface area contributed by atoms with E-state index in [1.54, 1.807) is 36.7 Å². The molecule has 104 valence electrons. The number of aromatic nitrogens is 1. The van der Waals surface area contributed by atoms with Gasteiger partial charge in [-0.15, -0.1) is 0 Å². The summed E-state index contributed by atoms with van der Waals surface area (Å²) < 4.78 is 0. The van der Waals surface area contributed by atoms with Crippen molar-refractivity contribution in [2.75, 3.05) is 0 Å². The zero-order chi connectivity index (χ0) is 14.8. The van der Waals surface area contributed by atoms with E-state index in [1.807, 2.05) is 12.1 Å². The van der Waals surface area contributed by atoms with Gasteiger partial charge in [-0.25, -0.2) is 0 Å². The minimum absolute atomic E-state index is 0.0623. The normalized spacial score (nSPS) is 14.1. The van der Waals surface area contributed by atoms with Crippen LogP contribution in [-0.2, 0) is 6.54 Å². The molecule has 0 bridgehead atoms. The smallest absolute Gasteiger partial charge is 0.211 e. The van der Waals surface area contributed by atoms with Crippen LogP contribution in [0.25, 0.3) is 0 Å². The number of allylic oxidation sites excluding steroid dienone is 2. The summed E-state index contributed by atoms with van der Waals surface area (Å²) in [5.41, 5.74) is 1.82. The first-order chi connectivity index (χ1) is 10.2. The molecule has 1 aromatic carbocycles. The van der Waals surface area contributed by atoms with E-state index in [0.717, 1.165) is 5.56 Å². The fourth-order valence-corrected chi connectivity index (χ4v) is 2.45. The SMILES string of the molecule is O=C1C(Cl)=C(NCc2ccncc2)C(=O)c2ccccc21. The number of pyridine rings is 1. The molecule has 1 aromatic heterocycles. The summed E-state index contributed by atoms with van der Waals surface area (Å²) in [7, 11) is 0. The van der Waals surface area contributed by atoms with Gasteiger partial charge in [0.15, 0.2) is 0 Å². The van der Waals surface area contributed by atoms with Gasteiger partial charge in [-0.3, -0.25) is 14.6 Å². The standard InChI is InChI=1S/C16H11ClN2O2/c17-13-14(19-9-10-5-7-18-8-6-10)16(21)12-4-2-1-3-11(12)15(13)20/h1-8,19H,9H2. The highest BCUT2D eigenvalue weighted by molar-refractivity contribution is 6.49. The lowest BCUT2D eigenvalue weighted by Crippen LogP contribution is -2.28. The molecule has 3 rings (SSSR count). The Kier molecular flexibility index (Phi) is 3.54. The molecule has 0 fully saturated rings. The Morgan fingerprint density at radius 2 is 1.57 bits per heavy atom. The fraction of sp³-hybridized carbons (Fsp3) is 0.0625. The second-order valence-corrected chi connectivity index (χ2v) is 4.98. The van der Waals surface area contributed by atoms with E-state index in [9.17, 15) is 9.59 Å². The molecule has 0 aliphatic heterocycles. The van der Waals surface area contributed by atoms with Gasteiger partial charge >= 0.3 is 0 Å². The number of nitrogens with zero attached hydrogens (tertiary/aromatic N) is 1. The van der Waals surface area contributed by atoms with Gasteiger partial charge in [0.1, 0.15) is 10.7 Å². The largest absolute Gasteiger partial charge is 0.376 e. The van der Waals surface area contributed by atoms with Gasteiger partial charge in [-0.1, -0.05) is 35.9 Å². The Labute approximate surface area is 126 Å². The van der Waals surface area contributed by atoms with Crippen molar-refractivity contribution in [1.29, 1.82) is 0 Å². The number of carbonyl (C=O) groups excluding carboxylic acids is 2. The van der Waals surface area contributed by atoms with Crippen LogP contribution in [0.2, 0.25) is 0 Å². The first-order valence-corrected chi connectivity index (χ1v) is 6.77. The van der Waals surface area contributed by atoms with Gasteiger partial charge < -0.3 is 5.32 Å². The molecule has 1 heterocycles. The molecule has 0 spiro atoms. The molecule has 2 aromatic rings. The first-order valence-electron chi connectivity index (χ1n) is 6.39. The van der Waals surface area contributed by atoms with Gasteiger partial charge in [0, 0.05) is 30.1 Å². The average molecular weight is 299 g/mol. The Morgan fingerprint density at radius 1 is 0.952 bits per heavy atom. The number of hydrogen-bond donors (Lipinski definition) is 1. The number of carbonyl (C=O) groups is 2. The summed E-state index contributed by atoms with van der Waals surface area (Å²) in [4.78, 5) is 28.5. The van der Waals surface area contributed by atoms with E-state index in [1.165, 1.54) is 0 Å². The fourth-order valence-electron chi connectivity index (χ4n) is 2.19. The van der Waals surface area contributed by atoms with Crippen LogP contribution < -0.4 is 5.32 Å². The minimum Gasteiger partial charge on any atom is -0.376 e. The molecule has 1 aliphatic rings. The van der Waals surface area contributed by atoms with E-state index in [0.29, 0.717) is 17.7 Å². The van der Waals surface area contributed by atoms with Crippen molar-refractivity contribution < 1.29 is 9.59 Å². The zero-order valence-electron chi connectivity index (χ0n) is 11.0. The Bertz CT molecular complexity index is 754. The quantitative estimate of drug-likeness (QED) is 0.946. The van der Waals surface area contributed by atoms with E-state index in [2.05, 4.69) is 10.3 Å². The van der Waals surface area contributed by atoms with Gasteiger partial charge in [-0.2, -0.15) is 0 Å². The molecule has 1 N–H and O–H groups in total. The van der Waals surface area contributed by atoms with Crippen LogP contribution in [-0.4, -0.2) is 16.6 Å². The maximum atomic E-state index is 12.4. The number of nitrogens with one attached hydrogen (secondary N) is 1. The summed E-state index contributed by atoms with van der Waals surface area (Å²) in [6.45, 7) is 0.398. The molecule has 0 atom stereocenters. The molecule has 0 unspecified atom stereocenters. The molecule has 5 heteroatoms. The number of halogens is 1. The summed E-state index contributed by atoms with van der Waals surface area (Å²) in [5.74, 6) is -0.589. The number of Topliss-reactive ketones (excluding diaryl/α,β-unsaturated/α-hetero) is 2. The molecular weight excluding hydrogens is 288 g/mol. The van der Waals surface area contributed by atoms with Crippen LogP contribution >= 0.6 is 11.6 Å². The minimum atomic E-state index is -0.330. The lowest BCUT2D eigenvalue weighted by molar-refractivity contribution is 0.0974. The number of ketones is 2. The lowest BCUT2D eigenvalue weighted by atomic mass is 9.92. The van der Waals surface area contributed by atoms with E-state index in [4.69, 9.17) is 11.6 Å². The summed E-state index contributed by atoms with van der Waals surface area (Å²) in [6.07, 6.45) is 3.33. The molecule has 0 saturated carbocycles. The lowest BCUT2D eigenvalue weighted by Gasteiger charge is -2.18. The number of fused-ring (bicyclic) bond motifs is 1. The van der Waals surface area contributed by atoms with Crippen molar-refractivity contribution >= 4 is 23.2 Å². The van der Waals surface area contributed by atoms with Crippen LogP contribution in [0.1, 0.15) is 26.3 Å². The van der Waals surface area contributed by atoms with Crippen molar-refractivity contribution in [3.05, 3.63) is 76.2 Å². The van der Waals surface area contributed by atoms with Gasteiger partial charge in [0.05, 0.1) is 0 Å². The van der Waals surface area contributed by atoms with E-state index < -0.39 is 0 Å². The summed E-state index contributed by atoms with van der Waals surface area (Å²) in [5, 5.41) is 2.90. The van der Waals surface area contributed by atoms with Gasteiger partial charge in [0.2, 0.25) is 11.6 Å². The molecule has 1 aliphatic carbocycles. The third-order valence-corrected chi connectivity index (χ3v) is 3.64. The predicted octanol–water partition coefficient (Wildman–Crippen LogP) is 2.70. The van der Waals surface area contributed by atoms with Crippen molar-refractivity contribution in [3.63, 3.8) is 0 Å². The van der Waals surface area contributed by atoms with Gasteiger partial charge in [0.25, 0.3) is 0 Å². The predicted molar refractivity (Wildman–Crippen MR) is 79.1 cm³/mol. The van der Waals surface area contributed by atoms with Gasteiger partial charge in [-0.05, 0) is 17.7 Å². The average Bonchev–Trinajstić information content (AvgIpc) is 2.54. The van der Waals surface area contributed by atoms with Crippen LogP contribution in [0.3, 0.4) is 0 Å². The summed E-state index contributed by atoms with van der Waals surface area (Å²) >= 11 is 6.06. The van der Waals surface area contributed by atoms with Crippen LogP contribution in [0.4, 0.5) is 0 Å². The Balaban J connectivity index is 1.90. The monoisotopic (exact) mass is 298 g/mol. The van der Waals surface area contributed by atoms with E-state index >= 15 is 0 Å². The molecular formula is C16H11ClN2O2. The third kappa shape index (κ3) is 2.45. The van der Waals surface area contributed by atoms with Crippen molar-refractivity contribution in [2.45, 2.75) is 6.54 Å².